The molecule has 0 spiro atoms. The Morgan fingerprint density at radius 3 is 0.727 bits per heavy atom. The lowest BCUT2D eigenvalue weighted by Crippen LogP contribution is -1.87. The fraction of sp³-hybridized carbons (Fsp3) is 0.0182. The van der Waals surface area contributed by atoms with E-state index in [2.05, 4.69) is 207 Å². The van der Waals surface area contributed by atoms with Crippen molar-refractivity contribution in [2.75, 3.05) is 0 Å². The topological polar surface area (TPSA) is 0 Å². The Morgan fingerprint density at radius 2 is 0.418 bits per heavy atom. The summed E-state index contributed by atoms with van der Waals surface area (Å²) in [5.74, 6) is 0. The standard InChI is InChI=1S/C55H36/c1-35-30-42(38-22-18-36(19-23-38)40-26-28-52-48-14-4-2-10-44(48)46-12-6-8-16-50(46)54(52)33-40)32-43(31-35)39-24-20-37(21-25-39)41-27-29-53-49-15-5-3-11-45(49)47-13-7-9-17-51(47)55(53)34-41/h2-34H,1H3. The van der Waals surface area contributed by atoms with Gasteiger partial charge >= 0.3 is 0 Å². The van der Waals surface area contributed by atoms with Gasteiger partial charge in [0, 0.05) is 0 Å². The number of hydrogen-bond donors (Lipinski definition) is 0. The second kappa shape index (κ2) is 12.5. The van der Waals surface area contributed by atoms with Crippen LogP contribution in [0.5, 0.6) is 0 Å². The van der Waals surface area contributed by atoms with Crippen molar-refractivity contribution in [2.24, 2.45) is 0 Å². The summed E-state index contributed by atoms with van der Waals surface area (Å²) in [7, 11) is 0. The van der Waals surface area contributed by atoms with Crippen LogP contribution in [0.2, 0.25) is 0 Å². The van der Waals surface area contributed by atoms with Gasteiger partial charge in [0.15, 0.2) is 0 Å². The molecule has 11 rings (SSSR count). The normalized spacial score (nSPS) is 11.7. The summed E-state index contributed by atoms with van der Waals surface area (Å²) in [6, 6.07) is 74.1. The Bertz CT molecular complexity index is 3000. The molecule has 0 bridgehead atoms. The van der Waals surface area contributed by atoms with E-state index >= 15 is 0 Å². The number of hydrogen-bond acceptors (Lipinski definition) is 0. The molecule has 0 heterocycles. The van der Waals surface area contributed by atoms with Crippen LogP contribution in [0.4, 0.5) is 0 Å². The van der Waals surface area contributed by atoms with Gasteiger partial charge in [-0.25, -0.2) is 0 Å². The molecular weight excluding hydrogens is 661 g/mol. The van der Waals surface area contributed by atoms with Crippen LogP contribution in [0.15, 0.2) is 200 Å². The zero-order chi connectivity index (χ0) is 36.5. The van der Waals surface area contributed by atoms with E-state index in [1.54, 1.807) is 0 Å². The van der Waals surface area contributed by atoms with Crippen molar-refractivity contribution in [3.63, 3.8) is 0 Å². The average molecular weight is 697 g/mol. The van der Waals surface area contributed by atoms with E-state index < -0.39 is 0 Å². The van der Waals surface area contributed by atoms with E-state index in [0.717, 1.165) is 0 Å². The fourth-order valence-corrected chi connectivity index (χ4v) is 9.00. The van der Waals surface area contributed by atoms with Crippen LogP contribution in [-0.4, -0.2) is 0 Å². The summed E-state index contributed by atoms with van der Waals surface area (Å²) in [4.78, 5) is 0. The van der Waals surface area contributed by atoms with E-state index in [1.165, 1.54) is 115 Å². The molecule has 0 radical (unpaired) electrons. The molecule has 0 amide bonds. The maximum Gasteiger partial charge on any atom is -0.00928 e. The van der Waals surface area contributed by atoms with Crippen molar-refractivity contribution < 1.29 is 0 Å². The highest BCUT2D eigenvalue weighted by Crippen LogP contribution is 2.39. The molecule has 0 aliphatic rings. The van der Waals surface area contributed by atoms with Crippen LogP contribution in [0.3, 0.4) is 0 Å². The lowest BCUT2D eigenvalue weighted by Gasteiger charge is -2.13. The molecule has 0 heteroatoms. The first kappa shape index (κ1) is 31.5. The van der Waals surface area contributed by atoms with Gasteiger partial charge in [-0.15, -0.1) is 0 Å². The zero-order valence-electron chi connectivity index (χ0n) is 30.6. The van der Waals surface area contributed by atoms with Crippen LogP contribution in [0.1, 0.15) is 5.56 Å². The SMILES string of the molecule is Cc1cc(-c2ccc(-c3ccc4c5ccccc5c5ccccc5c4c3)cc2)cc(-c2ccc(-c3ccc4c5ccccc5c5ccccc5c4c3)cc2)c1. The van der Waals surface area contributed by atoms with Gasteiger partial charge in [-0.1, -0.05) is 182 Å². The summed E-state index contributed by atoms with van der Waals surface area (Å²) in [6.45, 7) is 2.20. The zero-order valence-corrected chi connectivity index (χ0v) is 30.6. The van der Waals surface area contributed by atoms with Gasteiger partial charge in [-0.05, 0) is 140 Å². The highest BCUT2D eigenvalue weighted by molar-refractivity contribution is 6.27. The van der Waals surface area contributed by atoms with Gasteiger partial charge in [0.2, 0.25) is 0 Å². The maximum atomic E-state index is 2.37. The smallest absolute Gasteiger partial charge is 0.00928 e. The van der Waals surface area contributed by atoms with E-state index in [0.29, 0.717) is 0 Å². The Balaban J connectivity index is 0.916. The monoisotopic (exact) mass is 696 g/mol. The summed E-state index contributed by atoms with van der Waals surface area (Å²) in [5, 5.41) is 15.6. The van der Waals surface area contributed by atoms with Crippen molar-refractivity contribution in [1.82, 2.24) is 0 Å². The Kier molecular flexibility index (Phi) is 7.19. The number of benzene rings is 11. The molecule has 0 fully saturated rings. The number of rotatable bonds is 4. The highest BCUT2D eigenvalue weighted by atomic mass is 14.2. The Morgan fingerprint density at radius 1 is 0.182 bits per heavy atom. The molecule has 0 atom stereocenters. The highest BCUT2D eigenvalue weighted by Gasteiger charge is 2.12. The van der Waals surface area contributed by atoms with Crippen LogP contribution >= 0.6 is 0 Å². The third-order valence-electron chi connectivity index (χ3n) is 11.7. The molecular formula is C55H36. The van der Waals surface area contributed by atoms with Crippen molar-refractivity contribution in [2.45, 2.75) is 6.92 Å². The Hall–Kier alpha value is -7.02. The first-order valence-corrected chi connectivity index (χ1v) is 19.2. The number of aryl methyl sites for hydroxylation is 1. The Labute approximate surface area is 320 Å². The molecule has 0 unspecified atom stereocenters. The maximum absolute atomic E-state index is 2.37. The lowest BCUT2D eigenvalue weighted by molar-refractivity contribution is 1.46. The van der Waals surface area contributed by atoms with Crippen molar-refractivity contribution in [3.05, 3.63) is 206 Å². The molecule has 256 valence electrons. The van der Waals surface area contributed by atoms with Gasteiger partial charge in [0.25, 0.3) is 0 Å². The van der Waals surface area contributed by atoms with Crippen molar-refractivity contribution >= 4 is 64.6 Å². The van der Waals surface area contributed by atoms with E-state index in [1.807, 2.05) is 0 Å². The molecule has 0 aliphatic heterocycles. The quantitative estimate of drug-likeness (QED) is 0.161. The average Bonchev–Trinajstić information content (AvgIpc) is 3.26. The molecule has 0 saturated heterocycles. The largest absolute Gasteiger partial charge is 0.0616 e. The van der Waals surface area contributed by atoms with Crippen LogP contribution < -0.4 is 0 Å². The third-order valence-corrected chi connectivity index (χ3v) is 11.7. The van der Waals surface area contributed by atoms with E-state index in [4.69, 9.17) is 0 Å². The fourth-order valence-electron chi connectivity index (χ4n) is 9.00. The molecule has 11 aromatic carbocycles. The molecule has 11 aromatic rings. The molecule has 0 nitrogen and oxygen atoms in total. The summed E-state index contributed by atoms with van der Waals surface area (Å²) >= 11 is 0. The van der Waals surface area contributed by atoms with Gasteiger partial charge in [0.1, 0.15) is 0 Å². The molecule has 0 saturated carbocycles. The van der Waals surface area contributed by atoms with Crippen molar-refractivity contribution in [3.8, 4) is 44.5 Å². The summed E-state index contributed by atoms with van der Waals surface area (Å²) in [5.41, 5.74) is 11.1. The minimum Gasteiger partial charge on any atom is -0.0616 e. The lowest BCUT2D eigenvalue weighted by atomic mass is 9.91. The van der Waals surface area contributed by atoms with Gasteiger partial charge < -0.3 is 0 Å². The van der Waals surface area contributed by atoms with Crippen LogP contribution in [0.25, 0.3) is 109 Å². The third kappa shape index (κ3) is 5.22. The predicted molar refractivity (Wildman–Crippen MR) is 238 cm³/mol. The van der Waals surface area contributed by atoms with Gasteiger partial charge in [0.05, 0.1) is 0 Å². The second-order valence-corrected chi connectivity index (χ2v) is 14.9. The minimum atomic E-state index is 1.22. The molecule has 0 N–H and O–H groups in total. The molecule has 0 aromatic heterocycles. The van der Waals surface area contributed by atoms with E-state index in [-0.39, 0.29) is 0 Å². The summed E-state index contributed by atoms with van der Waals surface area (Å²) < 4.78 is 0. The van der Waals surface area contributed by atoms with Crippen LogP contribution in [-0.2, 0) is 0 Å². The number of fused-ring (bicyclic) bond motifs is 12. The van der Waals surface area contributed by atoms with Crippen molar-refractivity contribution in [1.29, 1.82) is 0 Å². The predicted octanol–water partition coefficient (Wildman–Crippen LogP) is 15.6. The van der Waals surface area contributed by atoms with E-state index in [9.17, 15) is 0 Å². The molecule has 0 aliphatic carbocycles. The first-order chi connectivity index (χ1) is 27.2. The van der Waals surface area contributed by atoms with Crippen LogP contribution in [0, 0.1) is 6.92 Å². The molecule has 55 heavy (non-hydrogen) atoms. The second-order valence-electron chi connectivity index (χ2n) is 14.9. The van der Waals surface area contributed by atoms with Gasteiger partial charge in [-0.3, -0.25) is 0 Å². The van der Waals surface area contributed by atoms with Gasteiger partial charge in [-0.2, -0.15) is 0 Å². The minimum absolute atomic E-state index is 1.22. The summed E-state index contributed by atoms with van der Waals surface area (Å²) in [6.07, 6.45) is 0. The first-order valence-electron chi connectivity index (χ1n) is 19.2.